The topological polar surface area (TPSA) is 50.4 Å². The second-order valence-corrected chi connectivity index (χ2v) is 5.71. The van der Waals surface area contributed by atoms with Crippen molar-refractivity contribution in [3.63, 3.8) is 0 Å². The van der Waals surface area contributed by atoms with Crippen molar-refractivity contribution in [3.8, 4) is 5.75 Å². The number of carbonyl (C=O) groups is 1. The molecule has 0 radical (unpaired) electrons. The van der Waals surface area contributed by atoms with Crippen LogP contribution in [0.3, 0.4) is 0 Å². The van der Waals surface area contributed by atoms with E-state index in [1.165, 1.54) is 0 Å². The van der Waals surface area contributed by atoms with Gasteiger partial charge in [-0.3, -0.25) is 4.79 Å². The smallest absolute Gasteiger partial charge is 0.242 e. The summed E-state index contributed by atoms with van der Waals surface area (Å²) >= 11 is 7.87. The lowest BCUT2D eigenvalue weighted by molar-refractivity contribution is -0.117. The number of hydrogen-bond donors (Lipinski definition) is 2. The van der Waals surface area contributed by atoms with E-state index in [1.54, 1.807) is 30.0 Å². The van der Waals surface area contributed by atoms with Crippen LogP contribution in [0, 0.1) is 0 Å². The Morgan fingerprint density at radius 2 is 2.47 bits per heavy atom. The van der Waals surface area contributed by atoms with Crippen LogP contribution in [0.1, 0.15) is 6.92 Å². The molecule has 19 heavy (non-hydrogen) atoms. The van der Waals surface area contributed by atoms with Crippen LogP contribution in [-0.2, 0) is 4.79 Å². The summed E-state index contributed by atoms with van der Waals surface area (Å²) in [4.78, 5) is 12.0. The monoisotopic (exact) mass is 300 g/mol. The average Bonchev–Trinajstić information content (AvgIpc) is 2.43. The fourth-order valence-electron chi connectivity index (χ4n) is 1.81. The van der Waals surface area contributed by atoms with Crippen molar-refractivity contribution in [2.75, 3.05) is 30.0 Å². The van der Waals surface area contributed by atoms with Crippen molar-refractivity contribution in [2.24, 2.45) is 0 Å². The largest absolute Gasteiger partial charge is 0.492 e. The van der Waals surface area contributed by atoms with Gasteiger partial charge in [-0.1, -0.05) is 11.6 Å². The maximum absolute atomic E-state index is 12.0. The molecular formula is C13H17ClN2O2S. The summed E-state index contributed by atoms with van der Waals surface area (Å²) in [6.07, 6.45) is 0. The maximum Gasteiger partial charge on any atom is 0.242 e. The highest BCUT2D eigenvalue weighted by Crippen LogP contribution is 2.27. The van der Waals surface area contributed by atoms with E-state index in [0.717, 1.165) is 18.1 Å². The van der Waals surface area contributed by atoms with Crippen molar-refractivity contribution in [3.05, 3.63) is 23.2 Å². The van der Waals surface area contributed by atoms with E-state index >= 15 is 0 Å². The van der Waals surface area contributed by atoms with Crippen LogP contribution in [0.25, 0.3) is 0 Å². The summed E-state index contributed by atoms with van der Waals surface area (Å²) in [7, 11) is 0. The molecule has 1 saturated heterocycles. The molecule has 1 fully saturated rings. The predicted octanol–water partition coefficient (Wildman–Crippen LogP) is 2.38. The summed E-state index contributed by atoms with van der Waals surface area (Å²) < 4.78 is 5.35. The molecule has 1 aromatic rings. The van der Waals surface area contributed by atoms with Crippen molar-refractivity contribution in [2.45, 2.75) is 13.0 Å². The third kappa shape index (κ3) is 4.03. The molecule has 1 aromatic carbocycles. The Labute approximate surface area is 122 Å². The van der Waals surface area contributed by atoms with Gasteiger partial charge in [0.05, 0.1) is 17.7 Å². The normalized spacial score (nSPS) is 18.9. The zero-order chi connectivity index (χ0) is 13.7. The average molecular weight is 301 g/mol. The first kappa shape index (κ1) is 14.5. The minimum Gasteiger partial charge on any atom is -0.492 e. The van der Waals surface area contributed by atoms with Gasteiger partial charge in [-0.25, -0.2) is 0 Å². The van der Waals surface area contributed by atoms with E-state index in [0.29, 0.717) is 23.1 Å². The Bertz CT molecular complexity index is 450. The van der Waals surface area contributed by atoms with Crippen LogP contribution < -0.4 is 15.4 Å². The molecule has 0 bridgehead atoms. The van der Waals surface area contributed by atoms with Crippen molar-refractivity contribution >= 4 is 35.0 Å². The van der Waals surface area contributed by atoms with Crippen LogP contribution in [0.15, 0.2) is 18.2 Å². The minimum atomic E-state index is -0.135. The van der Waals surface area contributed by atoms with E-state index in [4.69, 9.17) is 16.3 Å². The predicted molar refractivity (Wildman–Crippen MR) is 80.4 cm³/mol. The number of amides is 1. The number of nitrogens with one attached hydrogen (secondary N) is 2. The second-order valence-electron chi connectivity index (χ2n) is 4.15. The molecule has 1 aliphatic heterocycles. The van der Waals surface area contributed by atoms with Crippen LogP contribution in [0.5, 0.6) is 5.75 Å². The van der Waals surface area contributed by atoms with Crippen LogP contribution in [0.2, 0.25) is 5.02 Å². The maximum atomic E-state index is 12.0. The Morgan fingerprint density at radius 3 is 3.11 bits per heavy atom. The van der Waals surface area contributed by atoms with Gasteiger partial charge >= 0.3 is 0 Å². The first-order valence-corrected chi connectivity index (χ1v) is 7.78. The van der Waals surface area contributed by atoms with E-state index in [2.05, 4.69) is 10.6 Å². The quantitative estimate of drug-likeness (QED) is 0.896. The highest BCUT2D eigenvalue weighted by Gasteiger charge is 2.21. The first-order valence-electron chi connectivity index (χ1n) is 6.25. The lowest BCUT2D eigenvalue weighted by Gasteiger charge is -2.22. The van der Waals surface area contributed by atoms with Gasteiger partial charge in [0.1, 0.15) is 5.75 Å². The number of rotatable bonds is 4. The number of halogens is 1. The summed E-state index contributed by atoms with van der Waals surface area (Å²) in [5, 5.41) is 6.57. The summed E-state index contributed by atoms with van der Waals surface area (Å²) in [6.45, 7) is 3.33. The molecule has 6 heteroatoms. The molecule has 1 aliphatic rings. The SMILES string of the molecule is CCOc1ccc(NC(=O)C2CSCCN2)cc1Cl. The lowest BCUT2D eigenvalue weighted by Crippen LogP contribution is -2.46. The molecule has 2 rings (SSSR count). The van der Waals surface area contributed by atoms with Gasteiger partial charge in [0.2, 0.25) is 5.91 Å². The Morgan fingerprint density at radius 1 is 1.63 bits per heavy atom. The third-order valence-electron chi connectivity index (χ3n) is 2.74. The molecule has 4 nitrogen and oxygen atoms in total. The van der Waals surface area contributed by atoms with Gasteiger partial charge < -0.3 is 15.4 Å². The Balaban J connectivity index is 1.98. The van der Waals surface area contributed by atoms with Gasteiger partial charge in [0.25, 0.3) is 0 Å². The van der Waals surface area contributed by atoms with Crippen LogP contribution in [0.4, 0.5) is 5.69 Å². The summed E-state index contributed by atoms with van der Waals surface area (Å²) in [6, 6.07) is 5.14. The van der Waals surface area contributed by atoms with Gasteiger partial charge in [-0.2, -0.15) is 11.8 Å². The molecule has 0 aromatic heterocycles. The molecule has 1 atom stereocenters. The minimum absolute atomic E-state index is 0.0209. The number of anilines is 1. The molecule has 104 valence electrons. The van der Waals surface area contributed by atoms with E-state index < -0.39 is 0 Å². The molecule has 1 amide bonds. The van der Waals surface area contributed by atoms with E-state index in [9.17, 15) is 4.79 Å². The van der Waals surface area contributed by atoms with Gasteiger partial charge in [0, 0.05) is 23.7 Å². The molecule has 0 saturated carbocycles. The number of carbonyl (C=O) groups excluding carboxylic acids is 1. The van der Waals surface area contributed by atoms with Crippen molar-refractivity contribution in [1.29, 1.82) is 0 Å². The third-order valence-corrected chi connectivity index (χ3v) is 4.09. The van der Waals surface area contributed by atoms with Crippen molar-refractivity contribution in [1.82, 2.24) is 5.32 Å². The van der Waals surface area contributed by atoms with Gasteiger partial charge in [0.15, 0.2) is 0 Å². The Kier molecular flexibility index (Phi) is 5.36. The highest BCUT2D eigenvalue weighted by molar-refractivity contribution is 7.99. The Hall–Kier alpha value is -0.910. The molecular weight excluding hydrogens is 284 g/mol. The number of ether oxygens (including phenoxy) is 1. The zero-order valence-electron chi connectivity index (χ0n) is 10.7. The number of thioether (sulfide) groups is 1. The van der Waals surface area contributed by atoms with Crippen LogP contribution in [-0.4, -0.2) is 36.6 Å². The summed E-state index contributed by atoms with van der Waals surface area (Å²) in [5.74, 6) is 2.47. The standard InChI is InChI=1S/C13H17ClN2O2S/c1-2-18-12-4-3-9(7-10(12)14)16-13(17)11-8-19-6-5-15-11/h3-4,7,11,15H,2,5-6,8H2,1H3,(H,16,17). The van der Waals surface area contributed by atoms with Crippen LogP contribution >= 0.6 is 23.4 Å². The highest BCUT2D eigenvalue weighted by atomic mass is 35.5. The fraction of sp³-hybridized carbons (Fsp3) is 0.462. The lowest BCUT2D eigenvalue weighted by atomic mass is 10.2. The van der Waals surface area contributed by atoms with E-state index in [-0.39, 0.29) is 11.9 Å². The fourth-order valence-corrected chi connectivity index (χ4v) is 2.98. The number of benzene rings is 1. The van der Waals surface area contributed by atoms with Gasteiger partial charge in [-0.05, 0) is 25.1 Å². The molecule has 2 N–H and O–H groups in total. The number of hydrogen-bond acceptors (Lipinski definition) is 4. The molecule has 0 spiro atoms. The van der Waals surface area contributed by atoms with Gasteiger partial charge in [-0.15, -0.1) is 0 Å². The van der Waals surface area contributed by atoms with Crippen molar-refractivity contribution < 1.29 is 9.53 Å². The first-order chi connectivity index (χ1) is 9.20. The molecule has 0 aliphatic carbocycles. The molecule has 1 heterocycles. The molecule has 1 unspecified atom stereocenters. The zero-order valence-corrected chi connectivity index (χ0v) is 12.3. The second kappa shape index (κ2) is 7.03. The summed E-state index contributed by atoms with van der Waals surface area (Å²) in [5.41, 5.74) is 0.691. The van der Waals surface area contributed by atoms with E-state index in [1.807, 2.05) is 6.92 Å².